The van der Waals surface area contributed by atoms with Crippen LogP contribution in [0.1, 0.15) is 51.4 Å². The fourth-order valence-corrected chi connectivity index (χ4v) is 2.89. The Balaban J connectivity index is 0.00000676. The van der Waals surface area contributed by atoms with E-state index >= 15 is 0 Å². The van der Waals surface area contributed by atoms with Crippen molar-refractivity contribution in [1.29, 1.82) is 0 Å². The Morgan fingerprint density at radius 3 is 2.48 bits per heavy atom. The summed E-state index contributed by atoms with van der Waals surface area (Å²) in [6.45, 7) is 13.0. The lowest BCUT2D eigenvalue weighted by Gasteiger charge is -2.26. The second-order valence-corrected chi connectivity index (χ2v) is 8.58. The van der Waals surface area contributed by atoms with E-state index in [0.717, 1.165) is 11.4 Å². The average Bonchev–Trinajstić information content (AvgIpc) is 2.99. The van der Waals surface area contributed by atoms with E-state index in [1.807, 2.05) is 27.0 Å². The SMILES string of the molecule is CCc1cnc(CNC(=NC)NCC(NC(=O)OC(C)(C)C)C(C)C)s1.I. The van der Waals surface area contributed by atoms with Crippen molar-refractivity contribution < 1.29 is 9.53 Å². The van der Waals surface area contributed by atoms with E-state index < -0.39 is 11.7 Å². The number of hydrogen-bond donors (Lipinski definition) is 3. The maximum absolute atomic E-state index is 12.0. The number of amides is 1. The van der Waals surface area contributed by atoms with Crippen molar-refractivity contribution in [2.75, 3.05) is 13.6 Å². The number of rotatable bonds is 7. The van der Waals surface area contributed by atoms with Crippen molar-refractivity contribution in [3.63, 3.8) is 0 Å². The summed E-state index contributed by atoms with van der Waals surface area (Å²) in [7, 11) is 1.72. The third-order valence-electron chi connectivity index (χ3n) is 3.58. The second-order valence-electron chi connectivity index (χ2n) is 7.38. The number of nitrogens with zero attached hydrogens (tertiary/aromatic N) is 2. The van der Waals surface area contributed by atoms with Crippen LogP contribution in [0.5, 0.6) is 0 Å². The van der Waals surface area contributed by atoms with Crippen LogP contribution in [0.4, 0.5) is 4.79 Å². The number of aryl methyl sites for hydroxylation is 1. The molecule has 0 radical (unpaired) electrons. The van der Waals surface area contributed by atoms with Gasteiger partial charge in [-0.2, -0.15) is 0 Å². The lowest BCUT2D eigenvalue weighted by Crippen LogP contribution is -2.50. The Kier molecular flexibility index (Phi) is 11.9. The van der Waals surface area contributed by atoms with Gasteiger partial charge in [0.2, 0.25) is 0 Å². The van der Waals surface area contributed by atoms with Gasteiger partial charge >= 0.3 is 6.09 Å². The molecule has 0 aromatic carbocycles. The molecule has 0 aliphatic carbocycles. The summed E-state index contributed by atoms with van der Waals surface area (Å²) in [5.74, 6) is 0.925. The van der Waals surface area contributed by atoms with Gasteiger partial charge in [0.15, 0.2) is 5.96 Å². The number of nitrogens with one attached hydrogen (secondary N) is 3. The standard InChI is InChI=1S/C18H33N5O2S.HI/c1-8-13-9-20-15(26-13)11-22-16(19-7)21-10-14(12(2)3)23-17(24)25-18(4,5)6;/h9,12,14H,8,10-11H2,1-7H3,(H,23,24)(H2,19,21,22);1H. The maximum Gasteiger partial charge on any atom is 0.407 e. The van der Waals surface area contributed by atoms with Crippen LogP contribution in [0.15, 0.2) is 11.2 Å². The van der Waals surface area contributed by atoms with Gasteiger partial charge in [-0.05, 0) is 33.1 Å². The first kappa shape index (κ1) is 25.9. The van der Waals surface area contributed by atoms with Gasteiger partial charge in [0, 0.05) is 24.7 Å². The van der Waals surface area contributed by atoms with E-state index in [0.29, 0.717) is 19.0 Å². The van der Waals surface area contributed by atoms with Gasteiger partial charge in [-0.15, -0.1) is 35.3 Å². The summed E-state index contributed by atoms with van der Waals surface area (Å²) in [4.78, 5) is 21.9. The van der Waals surface area contributed by atoms with Crippen LogP contribution in [-0.2, 0) is 17.7 Å². The van der Waals surface area contributed by atoms with Crippen LogP contribution in [0.3, 0.4) is 0 Å². The molecule has 9 heteroatoms. The Hall–Kier alpha value is -1.10. The first-order valence-electron chi connectivity index (χ1n) is 9.02. The van der Waals surface area contributed by atoms with Crippen molar-refractivity contribution in [2.45, 2.75) is 66.2 Å². The molecule has 1 aromatic rings. The monoisotopic (exact) mass is 511 g/mol. The van der Waals surface area contributed by atoms with Crippen LogP contribution in [0, 0.1) is 5.92 Å². The molecule has 156 valence electrons. The Bertz CT molecular complexity index is 599. The molecule has 1 atom stereocenters. The number of alkyl carbamates (subject to hydrolysis) is 1. The highest BCUT2D eigenvalue weighted by Crippen LogP contribution is 2.12. The molecule has 7 nitrogen and oxygen atoms in total. The van der Waals surface area contributed by atoms with Crippen molar-refractivity contribution in [1.82, 2.24) is 20.9 Å². The minimum atomic E-state index is -0.512. The average molecular weight is 511 g/mol. The third kappa shape index (κ3) is 10.7. The highest BCUT2D eigenvalue weighted by Gasteiger charge is 2.21. The number of carbonyl (C=O) groups is 1. The van der Waals surface area contributed by atoms with Gasteiger partial charge in [0.25, 0.3) is 0 Å². The van der Waals surface area contributed by atoms with E-state index in [2.05, 4.69) is 46.7 Å². The van der Waals surface area contributed by atoms with Crippen molar-refractivity contribution in [3.8, 4) is 0 Å². The van der Waals surface area contributed by atoms with Crippen molar-refractivity contribution in [2.24, 2.45) is 10.9 Å². The van der Waals surface area contributed by atoms with Crippen LogP contribution in [0.2, 0.25) is 0 Å². The number of aromatic nitrogens is 1. The lowest BCUT2D eigenvalue weighted by molar-refractivity contribution is 0.0491. The number of carbonyl (C=O) groups excluding carboxylic acids is 1. The normalized spacial score (nSPS) is 13.0. The first-order chi connectivity index (χ1) is 12.1. The molecule has 0 fully saturated rings. The third-order valence-corrected chi connectivity index (χ3v) is 4.72. The molecule has 0 saturated carbocycles. The predicted octanol–water partition coefficient (Wildman–Crippen LogP) is 3.54. The zero-order chi connectivity index (χ0) is 19.7. The zero-order valence-electron chi connectivity index (χ0n) is 17.4. The molecular weight excluding hydrogens is 477 g/mol. The van der Waals surface area contributed by atoms with E-state index in [-0.39, 0.29) is 35.9 Å². The quantitative estimate of drug-likeness (QED) is 0.296. The fourth-order valence-electron chi connectivity index (χ4n) is 2.09. The van der Waals surface area contributed by atoms with Crippen molar-refractivity contribution >= 4 is 47.4 Å². The molecule has 1 rings (SSSR count). The summed E-state index contributed by atoms with van der Waals surface area (Å²) in [6, 6.07) is -0.0741. The molecular formula is C18H34IN5O2S. The highest BCUT2D eigenvalue weighted by atomic mass is 127. The summed E-state index contributed by atoms with van der Waals surface area (Å²) in [5.41, 5.74) is -0.512. The number of ether oxygens (including phenoxy) is 1. The molecule has 1 unspecified atom stereocenters. The molecule has 0 aliphatic rings. The van der Waals surface area contributed by atoms with Gasteiger partial charge in [0.1, 0.15) is 10.6 Å². The molecule has 0 spiro atoms. The van der Waals surface area contributed by atoms with Gasteiger partial charge in [-0.25, -0.2) is 9.78 Å². The van der Waals surface area contributed by atoms with Crippen LogP contribution < -0.4 is 16.0 Å². The lowest BCUT2D eigenvalue weighted by atomic mass is 10.0. The van der Waals surface area contributed by atoms with Gasteiger partial charge in [-0.3, -0.25) is 4.99 Å². The van der Waals surface area contributed by atoms with Crippen LogP contribution >= 0.6 is 35.3 Å². The number of halogens is 1. The minimum Gasteiger partial charge on any atom is -0.444 e. The van der Waals surface area contributed by atoms with Crippen molar-refractivity contribution in [3.05, 3.63) is 16.1 Å². The molecule has 0 bridgehead atoms. The first-order valence-corrected chi connectivity index (χ1v) is 9.83. The summed E-state index contributed by atoms with van der Waals surface area (Å²) >= 11 is 1.70. The molecule has 0 aliphatic heterocycles. The molecule has 1 aromatic heterocycles. The van der Waals surface area contributed by atoms with E-state index in [4.69, 9.17) is 4.74 Å². The number of aliphatic imine (C=N–C) groups is 1. The van der Waals surface area contributed by atoms with Gasteiger partial charge in [-0.1, -0.05) is 20.8 Å². The number of thiazole rings is 1. The Morgan fingerprint density at radius 2 is 2.00 bits per heavy atom. The Labute approximate surface area is 184 Å². The minimum absolute atomic E-state index is 0. The molecule has 1 heterocycles. The molecule has 1 amide bonds. The molecule has 27 heavy (non-hydrogen) atoms. The maximum atomic E-state index is 12.0. The fraction of sp³-hybridized carbons (Fsp3) is 0.722. The second kappa shape index (κ2) is 12.4. The molecule has 0 saturated heterocycles. The number of hydrogen-bond acceptors (Lipinski definition) is 5. The van der Waals surface area contributed by atoms with E-state index in [9.17, 15) is 4.79 Å². The summed E-state index contributed by atoms with van der Waals surface area (Å²) < 4.78 is 5.34. The summed E-state index contributed by atoms with van der Waals surface area (Å²) in [6.07, 6.45) is 2.50. The molecule has 3 N–H and O–H groups in total. The Morgan fingerprint density at radius 1 is 1.33 bits per heavy atom. The number of guanidine groups is 1. The van der Waals surface area contributed by atoms with Crippen LogP contribution in [0.25, 0.3) is 0 Å². The van der Waals surface area contributed by atoms with E-state index in [1.165, 1.54) is 4.88 Å². The highest BCUT2D eigenvalue weighted by molar-refractivity contribution is 14.0. The van der Waals surface area contributed by atoms with Gasteiger partial charge < -0.3 is 20.7 Å². The van der Waals surface area contributed by atoms with Gasteiger partial charge in [0.05, 0.1) is 12.6 Å². The largest absolute Gasteiger partial charge is 0.444 e. The predicted molar refractivity (Wildman–Crippen MR) is 123 cm³/mol. The smallest absolute Gasteiger partial charge is 0.407 e. The topological polar surface area (TPSA) is 87.6 Å². The zero-order valence-corrected chi connectivity index (χ0v) is 20.5. The summed E-state index contributed by atoms with van der Waals surface area (Å²) in [5, 5.41) is 10.5. The van der Waals surface area contributed by atoms with E-state index in [1.54, 1.807) is 18.4 Å². The van der Waals surface area contributed by atoms with Crippen LogP contribution in [-0.4, -0.2) is 42.3 Å².